The van der Waals surface area contributed by atoms with Crippen LogP contribution in [0.5, 0.6) is 11.5 Å². The van der Waals surface area contributed by atoms with Crippen LogP contribution in [0.4, 0.5) is 0 Å². The van der Waals surface area contributed by atoms with Crippen LogP contribution < -0.4 is 15.2 Å². The average molecular weight is 209 g/mol. The van der Waals surface area contributed by atoms with Gasteiger partial charge in [0.2, 0.25) is 0 Å². The summed E-state index contributed by atoms with van der Waals surface area (Å²) >= 11 is 0. The summed E-state index contributed by atoms with van der Waals surface area (Å²) in [5, 5.41) is 0. The van der Waals surface area contributed by atoms with Crippen molar-refractivity contribution in [3.8, 4) is 11.5 Å². The number of nitrogens with two attached hydrogens (primary N) is 1. The highest BCUT2D eigenvalue weighted by atomic mass is 16.5. The molecule has 15 heavy (non-hydrogen) atoms. The van der Waals surface area contributed by atoms with E-state index in [1.807, 2.05) is 31.2 Å². The predicted octanol–water partition coefficient (Wildman–Crippen LogP) is 2.20. The molecule has 3 heteroatoms. The summed E-state index contributed by atoms with van der Waals surface area (Å²) < 4.78 is 11.0. The zero-order chi connectivity index (χ0) is 11.1. The number of hydrogen-bond donors (Lipinski definition) is 1. The second-order valence-corrected chi connectivity index (χ2v) is 3.48. The van der Waals surface area contributed by atoms with Crippen LogP contribution in [-0.2, 0) is 0 Å². The number of benzene rings is 1. The highest BCUT2D eigenvalue weighted by Gasteiger charge is 2.01. The van der Waals surface area contributed by atoms with E-state index in [4.69, 9.17) is 15.2 Å². The predicted molar refractivity (Wildman–Crippen MR) is 61.4 cm³/mol. The summed E-state index contributed by atoms with van der Waals surface area (Å²) in [6.45, 7) is 5.30. The molecular formula is C12H19NO2. The highest BCUT2D eigenvalue weighted by Crippen LogP contribution is 2.18. The van der Waals surface area contributed by atoms with Crippen molar-refractivity contribution in [2.24, 2.45) is 5.73 Å². The normalized spacial score (nSPS) is 12.2. The molecule has 0 radical (unpaired) electrons. The van der Waals surface area contributed by atoms with E-state index in [0.29, 0.717) is 6.54 Å². The Kier molecular flexibility index (Phi) is 4.98. The van der Waals surface area contributed by atoms with Crippen molar-refractivity contribution in [1.82, 2.24) is 0 Å². The molecule has 0 aromatic heterocycles. The summed E-state index contributed by atoms with van der Waals surface area (Å²) in [7, 11) is 0. The Bertz CT molecular complexity index is 271. The van der Waals surface area contributed by atoms with E-state index in [2.05, 4.69) is 6.92 Å². The van der Waals surface area contributed by atoms with Crippen LogP contribution in [-0.4, -0.2) is 19.3 Å². The molecule has 1 atom stereocenters. The summed E-state index contributed by atoms with van der Waals surface area (Å²) in [6.07, 6.45) is 1.06. The van der Waals surface area contributed by atoms with Crippen molar-refractivity contribution < 1.29 is 9.47 Å². The Morgan fingerprint density at radius 3 is 2.33 bits per heavy atom. The van der Waals surface area contributed by atoms with E-state index in [1.165, 1.54) is 0 Å². The maximum Gasteiger partial charge on any atom is 0.120 e. The van der Waals surface area contributed by atoms with Gasteiger partial charge in [0.05, 0.1) is 6.61 Å². The molecule has 0 bridgehead atoms. The van der Waals surface area contributed by atoms with Crippen molar-refractivity contribution in [2.45, 2.75) is 26.4 Å². The first-order valence-electron chi connectivity index (χ1n) is 5.35. The monoisotopic (exact) mass is 209 g/mol. The maximum absolute atomic E-state index is 5.54. The first-order chi connectivity index (χ1) is 7.26. The van der Waals surface area contributed by atoms with Crippen molar-refractivity contribution in [1.29, 1.82) is 0 Å². The molecule has 0 heterocycles. The number of ether oxygens (including phenoxy) is 2. The molecule has 1 aromatic rings. The van der Waals surface area contributed by atoms with E-state index in [-0.39, 0.29) is 6.10 Å². The van der Waals surface area contributed by atoms with Crippen molar-refractivity contribution >= 4 is 0 Å². The van der Waals surface area contributed by atoms with E-state index in [0.717, 1.165) is 24.5 Å². The molecule has 1 aromatic carbocycles. The fraction of sp³-hybridized carbons (Fsp3) is 0.500. The molecule has 0 fully saturated rings. The second kappa shape index (κ2) is 6.30. The van der Waals surface area contributed by atoms with Crippen LogP contribution >= 0.6 is 0 Å². The molecule has 1 unspecified atom stereocenters. The van der Waals surface area contributed by atoms with Gasteiger partial charge >= 0.3 is 0 Å². The largest absolute Gasteiger partial charge is 0.494 e. The Balaban J connectivity index is 2.48. The third kappa shape index (κ3) is 4.21. The van der Waals surface area contributed by atoms with Gasteiger partial charge in [-0.3, -0.25) is 0 Å². The Morgan fingerprint density at radius 2 is 1.80 bits per heavy atom. The lowest BCUT2D eigenvalue weighted by atomic mass is 10.3. The van der Waals surface area contributed by atoms with Gasteiger partial charge in [0.25, 0.3) is 0 Å². The first-order valence-corrected chi connectivity index (χ1v) is 5.35. The molecule has 84 valence electrons. The van der Waals surface area contributed by atoms with Gasteiger partial charge in [-0.2, -0.15) is 0 Å². The summed E-state index contributed by atoms with van der Waals surface area (Å²) in [4.78, 5) is 0. The van der Waals surface area contributed by atoms with Gasteiger partial charge in [0, 0.05) is 6.54 Å². The molecule has 0 aliphatic carbocycles. The topological polar surface area (TPSA) is 44.5 Å². The van der Waals surface area contributed by atoms with Crippen LogP contribution in [0.15, 0.2) is 24.3 Å². The van der Waals surface area contributed by atoms with Crippen molar-refractivity contribution in [2.75, 3.05) is 13.2 Å². The zero-order valence-corrected chi connectivity index (χ0v) is 9.40. The van der Waals surface area contributed by atoms with E-state index >= 15 is 0 Å². The van der Waals surface area contributed by atoms with Gasteiger partial charge in [-0.05, 0) is 37.6 Å². The van der Waals surface area contributed by atoms with Crippen molar-refractivity contribution in [3.63, 3.8) is 0 Å². The van der Waals surface area contributed by atoms with E-state index in [1.54, 1.807) is 0 Å². The van der Waals surface area contributed by atoms with Gasteiger partial charge in [-0.1, -0.05) is 6.92 Å². The second-order valence-electron chi connectivity index (χ2n) is 3.48. The Labute approximate surface area is 91.2 Å². The van der Waals surface area contributed by atoms with E-state index < -0.39 is 0 Å². The fourth-order valence-corrected chi connectivity index (χ4v) is 1.11. The van der Waals surface area contributed by atoms with Crippen LogP contribution in [0.1, 0.15) is 20.3 Å². The summed E-state index contributed by atoms with van der Waals surface area (Å²) in [5.41, 5.74) is 5.47. The van der Waals surface area contributed by atoms with Gasteiger partial charge in [-0.15, -0.1) is 0 Å². The van der Waals surface area contributed by atoms with Gasteiger partial charge in [0.1, 0.15) is 17.6 Å². The lowest BCUT2D eigenvalue weighted by Gasteiger charge is -2.12. The number of rotatable bonds is 6. The SMILES string of the molecule is CCCOc1ccc(OC(C)CN)cc1. The maximum atomic E-state index is 5.54. The molecule has 3 nitrogen and oxygen atoms in total. The lowest BCUT2D eigenvalue weighted by molar-refractivity contribution is 0.229. The Hall–Kier alpha value is -1.22. The molecule has 0 saturated heterocycles. The minimum absolute atomic E-state index is 0.0485. The lowest BCUT2D eigenvalue weighted by Crippen LogP contribution is -2.22. The molecule has 0 saturated carbocycles. The molecule has 1 rings (SSSR count). The van der Waals surface area contributed by atoms with Crippen LogP contribution in [0.25, 0.3) is 0 Å². The van der Waals surface area contributed by atoms with E-state index in [9.17, 15) is 0 Å². The first kappa shape index (κ1) is 11.9. The highest BCUT2D eigenvalue weighted by molar-refractivity contribution is 5.31. The molecule has 2 N–H and O–H groups in total. The fourth-order valence-electron chi connectivity index (χ4n) is 1.11. The van der Waals surface area contributed by atoms with Crippen LogP contribution in [0.3, 0.4) is 0 Å². The third-order valence-electron chi connectivity index (χ3n) is 1.97. The quantitative estimate of drug-likeness (QED) is 0.781. The molecule has 0 spiro atoms. The Morgan fingerprint density at radius 1 is 1.20 bits per heavy atom. The zero-order valence-electron chi connectivity index (χ0n) is 9.40. The average Bonchev–Trinajstić information content (AvgIpc) is 2.28. The van der Waals surface area contributed by atoms with Crippen LogP contribution in [0.2, 0.25) is 0 Å². The minimum Gasteiger partial charge on any atom is -0.494 e. The standard InChI is InChI=1S/C12H19NO2/c1-3-8-14-11-4-6-12(7-5-11)15-10(2)9-13/h4-7,10H,3,8-9,13H2,1-2H3. The van der Waals surface area contributed by atoms with Gasteiger partial charge in [-0.25, -0.2) is 0 Å². The molecule has 0 amide bonds. The summed E-state index contributed by atoms with van der Waals surface area (Å²) in [6, 6.07) is 7.62. The molecule has 0 aliphatic rings. The third-order valence-corrected chi connectivity index (χ3v) is 1.97. The molecule has 0 aliphatic heterocycles. The summed E-state index contributed by atoms with van der Waals surface area (Å²) in [5.74, 6) is 1.71. The van der Waals surface area contributed by atoms with Crippen molar-refractivity contribution in [3.05, 3.63) is 24.3 Å². The molecular weight excluding hydrogens is 190 g/mol. The van der Waals surface area contributed by atoms with Gasteiger partial charge < -0.3 is 15.2 Å². The smallest absolute Gasteiger partial charge is 0.120 e. The number of hydrogen-bond acceptors (Lipinski definition) is 3. The van der Waals surface area contributed by atoms with Gasteiger partial charge in [0.15, 0.2) is 0 Å². The minimum atomic E-state index is 0.0485. The van der Waals surface area contributed by atoms with Crippen LogP contribution in [0, 0.1) is 0 Å².